The highest BCUT2D eigenvalue weighted by Gasteiger charge is 2.41. The molecule has 0 radical (unpaired) electrons. The molecule has 0 heteroatoms. The molecular weight excluding hydrogens is 625 g/mol. The van der Waals surface area contributed by atoms with Gasteiger partial charge in [0.2, 0.25) is 0 Å². The highest BCUT2D eigenvalue weighted by Crippen LogP contribution is 2.59. The van der Waals surface area contributed by atoms with Crippen LogP contribution in [0.15, 0.2) is 170 Å². The fourth-order valence-electron chi connectivity index (χ4n) is 9.83. The van der Waals surface area contributed by atoms with Crippen LogP contribution in [0.4, 0.5) is 0 Å². The Labute approximate surface area is 304 Å². The maximum atomic E-state index is 2.54. The highest BCUT2D eigenvalue weighted by atomic mass is 14.4. The summed E-state index contributed by atoms with van der Waals surface area (Å²) in [4.78, 5) is 0. The lowest BCUT2D eigenvalue weighted by molar-refractivity contribution is 0.662. The van der Waals surface area contributed by atoms with Gasteiger partial charge in [-0.2, -0.15) is 0 Å². The summed E-state index contributed by atoms with van der Waals surface area (Å²) in [5.41, 5.74) is 19.0. The highest BCUT2D eigenvalue weighted by molar-refractivity contribution is 6.24. The molecule has 2 aliphatic rings. The smallest absolute Gasteiger partial charge is 0.0165 e. The summed E-state index contributed by atoms with van der Waals surface area (Å²) in [6.07, 6.45) is 0.967. The van der Waals surface area contributed by atoms with Crippen LogP contribution in [-0.2, 0) is 11.8 Å². The second-order valence-electron chi connectivity index (χ2n) is 15.2. The van der Waals surface area contributed by atoms with E-state index >= 15 is 0 Å². The minimum Gasteiger partial charge on any atom is -0.0622 e. The number of hydrogen-bond acceptors (Lipinski definition) is 0. The van der Waals surface area contributed by atoms with Gasteiger partial charge in [-0.3, -0.25) is 0 Å². The molecule has 0 saturated heterocycles. The molecule has 0 nitrogen and oxygen atoms in total. The van der Waals surface area contributed by atoms with Gasteiger partial charge in [-0.25, -0.2) is 0 Å². The minimum absolute atomic E-state index is 0.122. The van der Waals surface area contributed by atoms with Crippen molar-refractivity contribution in [1.29, 1.82) is 0 Å². The van der Waals surface area contributed by atoms with Gasteiger partial charge in [0.05, 0.1) is 0 Å². The van der Waals surface area contributed by atoms with Crippen molar-refractivity contribution in [2.45, 2.75) is 25.7 Å². The molecule has 0 spiro atoms. The molecular formula is C52H36. The van der Waals surface area contributed by atoms with Gasteiger partial charge in [0, 0.05) is 5.41 Å². The number of hydrogen-bond donors (Lipinski definition) is 0. The van der Waals surface area contributed by atoms with Gasteiger partial charge in [0.15, 0.2) is 0 Å². The van der Waals surface area contributed by atoms with Crippen molar-refractivity contribution in [3.05, 3.63) is 192 Å². The first-order valence-electron chi connectivity index (χ1n) is 18.5. The maximum absolute atomic E-state index is 2.54. The molecule has 52 heavy (non-hydrogen) atoms. The summed E-state index contributed by atoms with van der Waals surface area (Å²) < 4.78 is 0. The summed E-state index contributed by atoms with van der Waals surface area (Å²) >= 11 is 0. The van der Waals surface area contributed by atoms with E-state index in [0.29, 0.717) is 0 Å². The van der Waals surface area contributed by atoms with Crippen LogP contribution in [0.1, 0.15) is 36.1 Å². The molecule has 244 valence electrons. The Bertz CT molecular complexity index is 2880. The molecule has 9 aromatic rings. The average molecular weight is 661 g/mol. The van der Waals surface area contributed by atoms with Crippen LogP contribution < -0.4 is 0 Å². The van der Waals surface area contributed by atoms with E-state index in [-0.39, 0.29) is 5.41 Å². The molecule has 0 aromatic heterocycles. The Morgan fingerprint density at radius 3 is 1.67 bits per heavy atom. The van der Waals surface area contributed by atoms with Crippen LogP contribution in [0, 0.1) is 0 Å². The molecule has 0 heterocycles. The third kappa shape index (κ3) is 4.04. The molecule has 9 aromatic carbocycles. The van der Waals surface area contributed by atoms with Crippen LogP contribution in [0.5, 0.6) is 0 Å². The Hall–Kier alpha value is -6.24. The van der Waals surface area contributed by atoms with Gasteiger partial charge in [-0.05, 0) is 135 Å². The van der Waals surface area contributed by atoms with Gasteiger partial charge in [-0.15, -0.1) is 0 Å². The topological polar surface area (TPSA) is 0 Å². The summed E-state index contributed by atoms with van der Waals surface area (Å²) in [6, 6.07) is 63.6. The Morgan fingerprint density at radius 1 is 0.365 bits per heavy atom. The zero-order valence-electron chi connectivity index (χ0n) is 29.4. The maximum Gasteiger partial charge on any atom is 0.0165 e. The predicted molar refractivity (Wildman–Crippen MR) is 221 cm³/mol. The van der Waals surface area contributed by atoms with Crippen molar-refractivity contribution < 1.29 is 0 Å². The zero-order chi connectivity index (χ0) is 34.6. The number of rotatable bonds is 3. The second kappa shape index (κ2) is 10.9. The molecule has 0 aliphatic heterocycles. The van der Waals surface area contributed by atoms with E-state index in [0.717, 1.165) is 6.42 Å². The predicted octanol–water partition coefficient (Wildman–Crippen LogP) is 14.0. The van der Waals surface area contributed by atoms with Crippen LogP contribution in [0.25, 0.3) is 88.0 Å². The van der Waals surface area contributed by atoms with Crippen molar-refractivity contribution in [3.63, 3.8) is 0 Å². The Balaban J connectivity index is 1.27. The van der Waals surface area contributed by atoms with Gasteiger partial charge in [-0.1, -0.05) is 166 Å². The quantitative estimate of drug-likeness (QED) is 0.165. The van der Waals surface area contributed by atoms with Crippen LogP contribution >= 0.6 is 0 Å². The third-order valence-corrected chi connectivity index (χ3v) is 12.0. The fourth-order valence-corrected chi connectivity index (χ4v) is 9.83. The molecule has 0 unspecified atom stereocenters. The van der Waals surface area contributed by atoms with Gasteiger partial charge in [0.25, 0.3) is 0 Å². The average Bonchev–Trinajstić information content (AvgIpc) is 3.68. The SMILES string of the molecule is CC1(C)c2ccccc2-c2c(-c3cc(-c4c5ccccc5c(-c5ccccc5)c5ccccc45)c4ccccc4c3)cc3c(c21)-c1ccccc1C3. The summed E-state index contributed by atoms with van der Waals surface area (Å²) in [5.74, 6) is 0. The molecule has 2 aliphatic carbocycles. The van der Waals surface area contributed by atoms with Gasteiger partial charge < -0.3 is 0 Å². The molecule has 0 atom stereocenters. The standard InChI is InChI=1S/C52H36/c1-52(2)46-27-15-14-26-43(46)50-44(31-36-29-34-19-7-9-21-38(34)48(36)51(50)52)35-28-33-18-6-8-20-37(33)45(30-35)49-41-24-12-10-22-39(41)47(32-16-4-3-5-17-32)40-23-11-13-25-42(40)49/h3-28,30-31H,29H2,1-2H3. The molecule has 11 rings (SSSR count). The molecule has 0 fully saturated rings. The van der Waals surface area contributed by atoms with Crippen LogP contribution in [-0.4, -0.2) is 0 Å². The summed E-state index contributed by atoms with van der Waals surface area (Å²) in [5, 5.41) is 7.66. The lowest BCUT2D eigenvalue weighted by atomic mass is 9.77. The minimum atomic E-state index is -0.122. The monoisotopic (exact) mass is 660 g/mol. The molecule has 0 amide bonds. The van der Waals surface area contributed by atoms with E-state index in [4.69, 9.17) is 0 Å². The van der Waals surface area contributed by atoms with E-state index in [1.54, 1.807) is 0 Å². The first-order chi connectivity index (χ1) is 25.6. The third-order valence-electron chi connectivity index (χ3n) is 12.0. The largest absolute Gasteiger partial charge is 0.0622 e. The van der Waals surface area contributed by atoms with Crippen LogP contribution in [0.3, 0.4) is 0 Å². The lowest BCUT2D eigenvalue weighted by Crippen LogP contribution is -2.16. The van der Waals surface area contributed by atoms with Crippen molar-refractivity contribution in [1.82, 2.24) is 0 Å². The zero-order valence-corrected chi connectivity index (χ0v) is 29.4. The first-order valence-corrected chi connectivity index (χ1v) is 18.5. The van der Waals surface area contributed by atoms with Crippen molar-refractivity contribution in [2.24, 2.45) is 0 Å². The van der Waals surface area contributed by atoms with E-state index in [1.807, 2.05) is 0 Å². The number of fused-ring (bicyclic) bond motifs is 10. The van der Waals surface area contributed by atoms with Crippen molar-refractivity contribution in [3.8, 4) is 55.6 Å². The van der Waals surface area contributed by atoms with E-state index in [1.165, 1.54) is 110 Å². The van der Waals surface area contributed by atoms with Crippen molar-refractivity contribution >= 4 is 32.3 Å². The number of benzene rings is 9. The summed E-state index contributed by atoms with van der Waals surface area (Å²) in [7, 11) is 0. The van der Waals surface area contributed by atoms with E-state index in [2.05, 4.69) is 184 Å². The van der Waals surface area contributed by atoms with E-state index < -0.39 is 0 Å². The van der Waals surface area contributed by atoms with E-state index in [9.17, 15) is 0 Å². The summed E-state index contributed by atoms with van der Waals surface area (Å²) in [6.45, 7) is 4.86. The first kappa shape index (κ1) is 29.5. The van der Waals surface area contributed by atoms with Gasteiger partial charge >= 0.3 is 0 Å². The normalized spacial score (nSPS) is 13.7. The van der Waals surface area contributed by atoms with Crippen molar-refractivity contribution in [2.75, 3.05) is 0 Å². The lowest BCUT2D eigenvalue weighted by Gasteiger charge is -2.26. The molecule has 0 N–H and O–H groups in total. The molecule has 0 bridgehead atoms. The second-order valence-corrected chi connectivity index (χ2v) is 15.2. The fraction of sp³-hybridized carbons (Fsp3) is 0.0769. The van der Waals surface area contributed by atoms with Crippen LogP contribution in [0.2, 0.25) is 0 Å². The Morgan fingerprint density at radius 2 is 0.942 bits per heavy atom. The van der Waals surface area contributed by atoms with Gasteiger partial charge in [0.1, 0.15) is 0 Å². The molecule has 0 saturated carbocycles. The Kier molecular flexibility index (Phi) is 6.17.